The van der Waals surface area contributed by atoms with Gasteiger partial charge in [-0.25, -0.2) is 0 Å². The second kappa shape index (κ2) is 9.14. The van der Waals surface area contributed by atoms with Gasteiger partial charge in [0.1, 0.15) is 5.52 Å². The Morgan fingerprint density at radius 2 is 1.71 bits per heavy atom. The number of nitro groups is 1. The van der Waals surface area contributed by atoms with Crippen LogP contribution in [-0.2, 0) is 17.8 Å². The molecule has 172 valence electrons. The van der Waals surface area contributed by atoms with E-state index in [1.54, 1.807) is 24.3 Å². The minimum atomic E-state index is -0.566. The first-order valence-electron chi connectivity index (χ1n) is 10.9. The molecule has 0 radical (unpaired) electrons. The Hall–Kier alpha value is -4.92. The van der Waals surface area contributed by atoms with Gasteiger partial charge < -0.3 is 5.32 Å². The van der Waals surface area contributed by atoms with E-state index in [1.807, 2.05) is 42.5 Å². The molecule has 4 aromatic carbocycles. The van der Waals surface area contributed by atoms with Gasteiger partial charge in [-0.2, -0.15) is 4.68 Å². The lowest BCUT2D eigenvalue weighted by Gasteiger charge is -2.09. The van der Waals surface area contributed by atoms with Crippen LogP contribution in [0.4, 0.5) is 5.69 Å². The van der Waals surface area contributed by atoms with Gasteiger partial charge >= 0.3 is 0 Å². The van der Waals surface area contributed by atoms with E-state index in [2.05, 4.69) is 15.6 Å². The van der Waals surface area contributed by atoms with Crippen molar-refractivity contribution < 1.29 is 9.72 Å². The van der Waals surface area contributed by atoms with Gasteiger partial charge in [-0.05, 0) is 40.1 Å². The SMILES string of the molecule is O=C(Cc1ccc(-n2nnc3ccc([N+](=O)[O-])cc3c2=O)cc1)NCc1cccc2ccccc12. The maximum absolute atomic E-state index is 12.9. The third kappa shape index (κ3) is 4.47. The highest BCUT2D eigenvalue weighted by molar-refractivity contribution is 5.86. The summed E-state index contributed by atoms with van der Waals surface area (Å²) in [7, 11) is 0. The van der Waals surface area contributed by atoms with Crippen molar-refractivity contribution in [1.82, 2.24) is 20.3 Å². The number of hydrogen-bond acceptors (Lipinski definition) is 6. The van der Waals surface area contributed by atoms with Crippen LogP contribution >= 0.6 is 0 Å². The summed E-state index contributed by atoms with van der Waals surface area (Å²) in [6.07, 6.45) is 0.176. The summed E-state index contributed by atoms with van der Waals surface area (Å²) in [5, 5.41) is 24.3. The predicted octanol–water partition coefficient (Wildman–Crippen LogP) is 3.70. The molecule has 1 aromatic heterocycles. The lowest BCUT2D eigenvalue weighted by Crippen LogP contribution is -2.25. The summed E-state index contributed by atoms with van der Waals surface area (Å²) < 4.78 is 1.08. The van der Waals surface area contributed by atoms with Crippen LogP contribution in [0.3, 0.4) is 0 Å². The number of hydrogen-bond donors (Lipinski definition) is 1. The summed E-state index contributed by atoms with van der Waals surface area (Å²) in [5.74, 6) is -0.124. The Kier molecular flexibility index (Phi) is 5.72. The maximum atomic E-state index is 12.9. The van der Waals surface area contributed by atoms with Gasteiger partial charge in [0.2, 0.25) is 5.91 Å². The molecule has 1 amide bonds. The number of aromatic nitrogens is 3. The first-order chi connectivity index (χ1) is 17.0. The second-order valence-electron chi connectivity index (χ2n) is 8.02. The molecule has 0 spiro atoms. The standard InChI is InChI=1S/C26H19N5O4/c32-25(27-16-19-6-3-5-18-4-1-2-7-22(18)19)14-17-8-10-20(11-9-17)30-26(33)23-15-21(31(34)35)12-13-24(23)28-29-30/h1-13,15H,14,16H2,(H,27,32). The average molecular weight is 465 g/mol. The largest absolute Gasteiger partial charge is 0.352 e. The van der Waals surface area contributed by atoms with Crippen LogP contribution in [0, 0.1) is 10.1 Å². The molecule has 1 heterocycles. The lowest BCUT2D eigenvalue weighted by molar-refractivity contribution is -0.384. The molecule has 5 rings (SSSR count). The summed E-state index contributed by atoms with van der Waals surface area (Å²) >= 11 is 0. The number of non-ortho nitro benzene ring substituents is 1. The summed E-state index contributed by atoms with van der Waals surface area (Å²) in [6, 6.07) is 24.7. The minimum absolute atomic E-state index is 0.103. The molecule has 0 atom stereocenters. The molecule has 1 N–H and O–H groups in total. The summed E-state index contributed by atoms with van der Waals surface area (Å²) in [5.41, 5.74) is 1.81. The van der Waals surface area contributed by atoms with Gasteiger partial charge in [0, 0.05) is 18.7 Å². The van der Waals surface area contributed by atoms with Crippen molar-refractivity contribution in [3.63, 3.8) is 0 Å². The van der Waals surface area contributed by atoms with E-state index < -0.39 is 10.5 Å². The Morgan fingerprint density at radius 3 is 2.51 bits per heavy atom. The molecule has 35 heavy (non-hydrogen) atoms. The third-order valence-electron chi connectivity index (χ3n) is 5.76. The molecule has 0 unspecified atom stereocenters. The predicted molar refractivity (Wildman–Crippen MR) is 131 cm³/mol. The number of nitrogens with one attached hydrogen (secondary N) is 1. The van der Waals surface area contributed by atoms with E-state index in [0.29, 0.717) is 12.2 Å². The fourth-order valence-corrected chi connectivity index (χ4v) is 3.96. The number of nitrogens with zero attached hydrogens (tertiary/aromatic N) is 4. The molecule has 0 aliphatic heterocycles. The number of amides is 1. The Labute approximate surface area is 198 Å². The molecule has 0 bridgehead atoms. The van der Waals surface area contributed by atoms with Crippen LogP contribution < -0.4 is 10.9 Å². The van der Waals surface area contributed by atoms with Gasteiger partial charge in [-0.3, -0.25) is 19.7 Å². The summed E-state index contributed by atoms with van der Waals surface area (Å²) in [6.45, 7) is 0.423. The zero-order valence-corrected chi connectivity index (χ0v) is 18.4. The minimum Gasteiger partial charge on any atom is -0.352 e. The third-order valence-corrected chi connectivity index (χ3v) is 5.76. The molecular formula is C26H19N5O4. The molecule has 5 aromatic rings. The zero-order chi connectivity index (χ0) is 24.4. The van der Waals surface area contributed by atoms with Crippen molar-refractivity contribution in [3.05, 3.63) is 117 Å². The number of rotatable bonds is 6. The van der Waals surface area contributed by atoms with Gasteiger partial charge in [-0.1, -0.05) is 59.8 Å². The molecule has 0 fully saturated rings. The van der Waals surface area contributed by atoms with Crippen LogP contribution in [0.2, 0.25) is 0 Å². The van der Waals surface area contributed by atoms with Crippen LogP contribution in [0.25, 0.3) is 27.4 Å². The van der Waals surface area contributed by atoms with Crippen LogP contribution in [0.1, 0.15) is 11.1 Å². The van der Waals surface area contributed by atoms with E-state index in [0.717, 1.165) is 26.6 Å². The topological polar surface area (TPSA) is 120 Å². The van der Waals surface area contributed by atoms with Gasteiger partial charge in [-0.15, -0.1) is 5.10 Å². The second-order valence-corrected chi connectivity index (χ2v) is 8.02. The van der Waals surface area contributed by atoms with E-state index in [1.165, 1.54) is 18.2 Å². The monoisotopic (exact) mass is 465 g/mol. The highest BCUT2D eigenvalue weighted by Gasteiger charge is 2.13. The molecule has 0 aliphatic carbocycles. The highest BCUT2D eigenvalue weighted by Crippen LogP contribution is 2.19. The Balaban J connectivity index is 1.30. The Bertz CT molecular complexity index is 1640. The van der Waals surface area contributed by atoms with Crippen LogP contribution in [0.15, 0.2) is 89.7 Å². The average Bonchev–Trinajstić information content (AvgIpc) is 2.88. The van der Waals surface area contributed by atoms with Crippen molar-refractivity contribution in [2.24, 2.45) is 0 Å². The van der Waals surface area contributed by atoms with Crippen molar-refractivity contribution in [1.29, 1.82) is 0 Å². The molecule has 0 saturated carbocycles. The molecule has 0 aliphatic rings. The highest BCUT2D eigenvalue weighted by atomic mass is 16.6. The molecule has 9 heteroatoms. The molecule has 0 saturated heterocycles. The smallest absolute Gasteiger partial charge is 0.282 e. The van der Waals surface area contributed by atoms with Crippen LogP contribution in [0.5, 0.6) is 0 Å². The first kappa shape index (κ1) is 21.9. The number of carbonyl (C=O) groups excluding carboxylic acids is 1. The normalized spacial score (nSPS) is 11.0. The summed E-state index contributed by atoms with van der Waals surface area (Å²) in [4.78, 5) is 35.9. The van der Waals surface area contributed by atoms with Crippen molar-refractivity contribution >= 4 is 33.3 Å². The fraction of sp³-hybridized carbons (Fsp3) is 0.0769. The van der Waals surface area contributed by atoms with Crippen molar-refractivity contribution in [2.45, 2.75) is 13.0 Å². The molecular weight excluding hydrogens is 446 g/mol. The van der Waals surface area contributed by atoms with E-state index in [4.69, 9.17) is 0 Å². The Morgan fingerprint density at radius 1 is 0.943 bits per heavy atom. The number of fused-ring (bicyclic) bond motifs is 2. The van der Waals surface area contributed by atoms with Gasteiger partial charge in [0.05, 0.1) is 22.4 Å². The number of carbonyl (C=O) groups is 1. The number of nitro benzene ring substituents is 1. The van der Waals surface area contributed by atoms with Gasteiger partial charge in [0.25, 0.3) is 11.2 Å². The van der Waals surface area contributed by atoms with E-state index in [9.17, 15) is 19.7 Å². The van der Waals surface area contributed by atoms with Gasteiger partial charge in [0.15, 0.2) is 0 Å². The first-order valence-corrected chi connectivity index (χ1v) is 10.9. The number of benzene rings is 4. The van der Waals surface area contributed by atoms with E-state index >= 15 is 0 Å². The lowest BCUT2D eigenvalue weighted by atomic mass is 10.0. The van der Waals surface area contributed by atoms with Crippen molar-refractivity contribution in [2.75, 3.05) is 0 Å². The fourth-order valence-electron chi connectivity index (χ4n) is 3.96. The van der Waals surface area contributed by atoms with E-state index in [-0.39, 0.29) is 28.9 Å². The molecule has 9 nitrogen and oxygen atoms in total. The maximum Gasteiger partial charge on any atom is 0.282 e. The quantitative estimate of drug-likeness (QED) is 0.302. The van der Waals surface area contributed by atoms with Crippen LogP contribution in [-0.4, -0.2) is 25.8 Å². The zero-order valence-electron chi connectivity index (χ0n) is 18.4. The van der Waals surface area contributed by atoms with Crippen molar-refractivity contribution in [3.8, 4) is 5.69 Å².